The van der Waals surface area contributed by atoms with Gasteiger partial charge in [0.1, 0.15) is 0 Å². The summed E-state index contributed by atoms with van der Waals surface area (Å²) >= 11 is 0. The van der Waals surface area contributed by atoms with Crippen molar-refractivity contribution in [3.8, 4) is 0 Å². The van der Waals surface area contributed by atoms with Crippen LogP contribution >= 0.6 is 0 Å². The Kier molecular flexibility index (Phi) is 4.07. The third kappa shape index (κ3) is 2.78. The fourth-order valence-corrected chi connectivity index (χ4v) is 2.22. The molecule has 1 aliphatic rings. The Labute approximate surface area is 76.5 Å². The summed E-state index contributed by atoms with van der Waals surface area (Å²) in [7, 11) is 0. The molecule has 0 aromatic rings. The van der Waals surface area contributed by atoms with Gasteiger partial charge in [-0.2, -0.15) is 0 Å². The summed E-state index contributed by atoms with van der Waals surface area (Å²) in [6, 6.07) is 0. The average molecular weight is 170 g/mol. The molecule has 3 unspecified atom stereocenters. The molecule has 0 radical (unpaired) electrons. The van der Waals surface area contributed by atoms with Crippen molar-refractivity contribution in [2.45, 2.75) is 65.1 Å². The Morgan fingerprint density at radius 2 is 2.00 bits per heavy atom. The zero-order chi connectivity index (χ0) is 8.97. The molecule has 1 heterocycles. The fraction of sp³-hybridized carbons (Fsp3) is 1.00. The molecule has 3 atom stereocenters. The van der Waals surface area contributed by atoms with Crippen LogP contribution in [0, 0.1) is 5.92 Å². The van der Waals surface area contributed by atoms with Crippen LogP contribution in [0.2, 0.25) is 0 Å². The molecule has 72 valence electrons. The summed E-state index contributed by atoms with van der Waals surface area (Å²) in [6.45, 7) is 6.75. The second-order valence-electron chi connectivity index (χ2n) is 4.10. The molecule has 0 aromatic heterocycles. The van der Waals surface area contributed by atoms with E-state index in [-0.39, 0.29) is 0 Å². The zero-order valence-corrected chi connectivity index (χ0v) is 8.68. The van der Waals surface area contributed by atoms with Gasteiger partial charge in [0.05, 0.1) is 12.2 Å². The predicted molar refractivity (Wildman–Crippen MR) is 52.3 cm³/mol. The lowest BCUT2D eigenvalue weighted by Gasteiger charge is -2.33. The van der Waals surface area contributed by atoms with Crippen molar-refractivity contribution in [3.63, 3.8) is 0 Å². The molecule has 0 aliphatic carbocycles. The molecular weight excluding hydrogens is 148 g/mol. The molecule has 1 aliphatic heterocycles. The summed E-state index contributed by atoms with van der Waals surface area (Å²) < 4.78 is 5.86. The van der Waals surface area contributed by atoms with Crippen molar-refractivity contribution in [1.29, 1.82) is 0 Å². The van der Waals surface area contributed by atoms with Crippen LogP contribution in [0.1, 0.15) is 52.9 Å². The molecule has 0 N–H and O–H groups in total. The molecule has 1 saturated heterocycles. The standard InChI is InChI=1S/C11H22O/c1-4-6-11-8-10(5-2)7-9(3)12-11/h9-11H,4-8H2,1-3H3. The number of hydrogen-bond donors (Lipinski definition) is 0. The summed E-state index contributed by atoms with van der Waals surface area (Å²) in [5.74, 6) is 0.922. The first-order valence-corrected chi connectivity index (χ1v) is 5.41. The van der Waals surface area contributed by atoms with Gasteiger partial charge in [0.15, 0.2) is 0 Å². The maximum Gasteiger partial charge on any atom is 0.0581 e. The third-order valence-electron chi connectivity index (χ3n) is 2.87. The summed E-state index contributed by atoms with van der Waals surface area (Å²) in [5.41, 5.74) is 0. The summed E-state index contributed by atoms with van der Waals surface area (Å²) in [4.78, 5) is 0. The van der Waals surface area contributed by atoms with E-state index in [9.17, 15) is 0 Å². The minimum Gasteiger partial charge on any atom is -0.375 e. The SMILES string of the molecule is CCCC1CC(CC)CC(C)O1. The highest BCUT2D eigenvalue weighted by Crippen LogP contribution is 2.28. The minimum atomic E-state index is 0.500. The summed E-state index contributed by atoms with van der Waals surface area (Å²) in [6.07, 6.45) is 7.47. The molecule has 1 rings (SSSR count). The maximum atomic E-state index is 5.86. The van der Waals surface area contributed by atoms with E-state index in [1.807, 2.05) is 0 Å². The van der Waals surface area contributed by atoms with Crippen LogP contribution in [0.3, 0.4) is 0 Å². The van der Waals surface area contributed by atoms with Gasteiger partial charge in [-0.25, -0.2) is 0 Å². The average Bonchev–Trinajstić information content (AvgIpc) is 2.04. The summed E-state index contributed by atoms with van der Waals surface area (Å²) in [5, 5.41) is 0. The number of ether oxygens (including phenoxy) is 1. The second kappa shape index (κ2) is 4.86. The van der Waals surface area contributed by atoms with Crippen LogP contribution in [-0.2, 0) is 4.74 Å². The van der Waals surface area contributed by atoms with Crippen molar-refractivity contribution in [1.82, 2.24) is 0 Å². The molecule has 1 fully saturated rings. The fourth-order valence-electron chi connectivity index (χ4n) is 2.22. The van der Waals surface area contributed by atoms with Gasteiger partial charge in [0.2, 0.25) is 0 Å². The monoisotopic (exact) mass is 170 g/mol. The highest BCUT2D eigenvalue weighted by molar-refractivity contribution is 4.74. The Bertz CT molecular complexity index is 122. The molecule has 0 saturated carbocycles. The highest BCUT2D eigenvalue weighted by atomic mass is 16.5. The lowest BCUT2D eigenvalue weighted by atomic mass is 9.89. The van der Waals surface area contributed by atoms with Crippen LogP contribution < -0.4 is 0 Å². The van der Waals surface area contributed by atoms with Crippen molar-refractivity contribution in [2.24, 2.45) is 5.92 Å². The van der Waals surface area contributed by atoms with Crippen molar-refractivity contribution in [2.75, 3.05) is 0 Å². The van der Waals surface area contributed by atoms with Gasteiger partial charge in [-0.1, -0.05) is 26.7 Å². The molecule has 0 aromatic carbocycles. The van der Waals surface area contributed by atoms with Crippen LogP contribution in [0.5, 0.6) is 0 Å². The van der Waals surface area contributed by atoms with Crippen molar-refractivity contribution >= 4 is 0 Å². The lowest BCUT2D eigenvalue weighted by Crippen LogP contribution is -2.30. The predicted octanol–water partition coefficient (Wildman–Crippen LogP) is 3.38. The topological polar surface area (TPSA) is 9.23 Å². The first-order valence-electron chi connectivity index (χ1n) is 5.41. The molecule has 0 amide bonds. The van der Waals surface area contributed by atoms with E-state index in [4.69, 9.17) is 4.74 Å². The van der Waals surface area contributed by atoms with Crippen molar-refractivity contribution < 1.29 is 4.74 Å². The first-order chi connectivity index (χ1) is 5.76. The third-order valence-corrected chi connectivity index (χ3v) is 2.87. The van der Waals surface area contributed by atoms with E-state index < -0.39 is 0 Å². The zero-order valence-electron chi connectivity index (χ0n) is 8.68. The van der Waals surface area contributed by atoms with E-state index in [0.29, 0.717) is 12.2 Å². The Morgan fingerprint density at radius 1 is 1.25 bits per heavy atom. The van der Waals surface area contributed by atoms with E-state index in [0.717, 1.165) is 5.92 Å². The molecule has 12 heavy (non-hydrogen) atoms. The van der Waals surface area contributed by atoms with Crippen LogP contribution in [0.15, 0.2) is 0 Å². The Morgan fingerprint density at radius 3 is 2.58 bits per heavy atom. The van der Waals surface area contributed by atoms with E-state index in [1.54, 1.807) is 0 Å². The van der Waals surface area contributed by atoms with Gasteiger partial charge in [0.25, 0.3) is 0 Å². The van der Waals surface area contributed by atoms with Gasteiger partial charge in [0, 0.05) is 0 Å². The molecule has 1 nitrogen and oxygen atoms in total. The smallest absolute Gasteiger partial charge is 0.0581 e. The Balaban J connectivity index is 2.34. The lowest BCUT2D eigenvalue weighted by molar-refractivity contribution is -0.0655. The van der Waals surface area contributed by atoms with Crippen molar-refractivity contribution in [3.05, 3.63) is 0 Å². The minimum absolute atomic E-state index is 0.500. The van der Waals surface area contributed by atoms with Gasteiger partial charge < -0.3 is 4.74 Å². The second-order valence-corrected chi connectivity index (χ2v) is 4.10. The number of hydrogen-bond acceptors (Lipinski definition) is 1. The Hall–Kier alpha value is -0.0400. The molecule has 0 bridgehead atoms. The molecule has 0 spiro atoms. The van der Waals surface area contributed by atoms with Crippen LogP contribution in [-0.4, -0.2) is 12.2 Å². The van der Waals surface area contributed by atoms with Crippen LogP contribution in [0.4, 0.5) is 0 Å². The normalized spacial score (nSPS) is 36.8. The highest BCUT2D eigenvalue weighted by Gasteiger charge is 2.24. The maximum absolute atomic E-state index is 5.86. The molecular formula is C11H22O. The van der Waals surface area contributed by atoms with E-state index in [2.05, 4.69) is 20.8 Å². The molecule has 1 heteroatoms. The van der Waals surface area contributed by atoms with E-state index in [1.165, 1.54) is 32.1 Å². The van der Waals surface area contributed by atoms with Gasteiger partial charge in [-0.15, -0.1) is 0 Å². The largest absolute Gasteiger partial charge is 0.375 e. The van der Waals surface area contributed by atoms with E-state index >= 15 is 0 Å². The first kappa shape index (κ1) is 10.0. The van der Waals surface area contributed by atoms with Gasteiger partial charge in [-0.05, 0) is 32.1 Å². The van der Waals surface area contributed by atoms with Gasteiger partial charge in [-0.3, -0.25) is 0 Å². The van der Waals surface area contributed by atoms with Crippen LogP contribution in [0.25, 0.3) is 0 Å². The quantitative estimate of drug-likeness (QED) is 0.631. The van der Waals surface area contributed by atoms with Gasteiger partial charge >= 0.3 is 0 Å². The number of rotatable bonds is 3.